The van der Waals surface area contributed by atoms with Crippen LogP contribution in [0.15, 0.2) is 18.3 Å². The highest BCUT2D eigenvalue weighted by Gasteiger charge is 2.13. The molecular weight excluding hydrogens is 202 g/mol. The molecule has 0 aliphatic heterocycles. The molecule has 1 heterocycles. The van der Waals surface area contributed by atoms with Gasteiger partial charge in [-0.3, -0.25) is 0 Å². The minimum Gasteiger partial charge on any atom is -0.493 e. The van der Waals surface area contributed by atoms with E-state index in [0.717, 1.165) is 10.9 Å². The van der Waals surface area contributed by atoms with Crippen LogP contribution in [0.2, 0.25) is 5.02 Å². The summed E-state index contributed by atoms with van der Waals surface area (Å²) in [5.74, 6) is 1.20. The molecule has 0 aliphatic carbocycles. The Kier molecular flexibility index (Phi) is 2.25. The van der Waals surface area contributed by atoms with E-state index < -0.39 is 0 Å². The molecule has 3 nitrogen and oxygen atoms in total. The van der Waals surface area contributed by atoms with Crippen LogP contribution >= 0.6 is 11.6 Å². The van der Waals surface area contributed by atoms with Gasteiger partial charge in [0.05, 0.1) is 24.8 Å². The second-order valence-electron chi connectivity index (χ2n) is 2.86. The van der Waals surface area contributed by atoms with Crippen LogP contribution < -0.4 is 9.47 Å². The second-order valence-corrected chi connectivity index (χ2v) is 3.24. The van der Waals surface area contributed by atoms with Gasteiger partial charge in [-0.2, -0.15) is 0 Å². The number of hydrogen-bond donors (Lipinski definition) is 1. The summed E-state index contributed by atoms with van der Waals surface area (Å²) in [4.78, 5) is 3.07. The van der Waals surface area contributed by atoms with Crippen molar-refractivity contribution in [2.75, 3.05) is 14.2 Å². The summed E-state index contributed by atoms with van der Waals surface area (Å²) in [6.45, 7) is 0. The molecular formula is C10H10ClNO2. The van der Waals surface area contributed by atoms with Crippen LogP contribution in [0, 0.1) is 0 Å². The zero-order valence-electron chi connectivity index (χ0n) is 7.93. The Balaban J connectivity index is 2.79. The van der Waals surface area contributed by atoms with Crippen LogP contribution in [0.1, 0.15) is 0 Å². The monoisotopic (exact) mass is 211 g/mol. The lowest BCUT2D eigenvalue weighted by Crippen LogP contribution is -1.91. The van der Waals surface area contributed by atoms with Crippen molar-refractivity contribution in [2.24, 2.45) is 0 Å². The molecule has 0 fully saturated rings. The van der Waals surface area contributed by atoms with Crippen molar-refractivity contribution in [2.45, 2.75) is 0 Å². The van der Waals surface area contributed by atoms with Gasteiger partial charge in [0.1, 0.15) is 0 Å². The summed E-state index contributed by atoms with van der Waals surface area (Å²) in [5.41, 5.74) is 0.938. The highest BCUT2D eigenvalue weighted by atomic mass is 35.5. The summed E-state index contributed by atoms with van der Waals surface area (Å²) >= 11 is 6.14. The van der Waals surface area contributed by atoms with Crippen LogP contribution in [-0.2, 0) is 0 Å². The van der Waals surface area contributed by atoms with Gasteiger partial charge >= 0.3 is 0 Å². The first-order valence-electron chi connectivity index (χ1n) is 4.15. The van der Waals surface area contributed by atoms with Crippen molar-refractivity contribution in [1.29, 1.82) is 0 Å². The van der Waals surface area contributed by atoms with Crippen molar-refractivity contribution >= 4 is 22.5 Å². The van der Waals surface area contributed by atoms with Crippen LogP contribution in [-0.4, -0.2) is 19.2 Å². The SMILES string of the molecule is COc1cc2[nH]ccc2c(Cl)c1OC. The molecule has 2 aromatic rings. The van der Waals surface area contributed by atoms with Crippen LogP contribution in [0.25, 0.3) is 10.9 Å². The van der Waals surface area contributed by atoms with Gasteiger partial charge in [-0.05, 0) is 6.07 Å². The van der Waals surface area contributed by atoms with Gasteiger partial charge in [0.25, 0.3) is 0 Å². The predicted molar refractivity (Wildman–Crippen MR) is 56.4 cm³/mol. The van der Waals surface area contributed by atoms with Gasteiger partial charge in [-0.15, -0.1) is 0 Å². The predicted octanol–water partition coefficient (Wildman–Crippen LogP) is 2.84. The van der Waals surface area contributed by atoms with Crippen molar-refractivity contribution in [3.8, 4) is 11.5 Å². The van der Waals surface area contributed by atoms with E-state index in [4.69, 9.17) is 21.1 Å². The third kappa shape index (κ3) is 1.21. The van der Waals surface area contributed by atoms with E-state index in [9.17, 15) is 0 Å². The lowest BCUT2D eigenvalue weighted by atomic mass is 10.2. The zero-order valence-corrected chi connectivity index (χ0v) is 8.68. The van der Waals surface area contributed by atoms with E-state index in [2.05, 4.69) is 4.98 Å². The first kappa shape index (κ1) is 9.21. The number of aromatic nitrogens is 1. The van der Waals surface area contributed by atoms with Gasteiger partial charge in [0.2, 0.25) is 0 Å². The van der Waals surface area contributed by atoms with Crippen molar-refractivity contribution < 1.29 is 9.47 Å². The first-order valence-corrected chi connectivity index (χ1v) is 4.53. The maximum absolute atomic E-state index is 6.14. The number of nitrogens with one attached hydrogen (secondary N) is 1. The molecule has 0 saturated heterocycles. The Hall–Kier alpha value is -1.35. The Morgan fingerprint density at radius 2 is 2.07 bits per heavy atom. The molecule has 0 unspecified atom stereocenters. The molecule has 0 atom stereocenters. The van der Waals surface area contributed by atoms with Crippen LogP contribution in [0.5, 0.6) is 11.5 Å². The van der Waals surface area contributed by atoms with E-state index in [-0.39, 0.29) is 0 Å². The number of hydrogen-bond acceptors (Lipinski definition) is 2. The smallest absolute Gasteiger partial charge is 0.180 e. The molecule has 0 aliphatic rings. The number of aromatic amines is 1. The fourth-order valence-corrected chi connectivity index (χ4v) is 1.80. The van der Waals surface area contributed by atoms with Gasteiger partial charge in [-0.25, -0.2) is 0 Å². The molecule has 0 bridgehead atoms. The Labute approximate surface area is 86.6 Å². The topological polar surface area (TPSA) is 34.2 Å². The molecule has 0 amide bonds. The van der Waals surface area contributed by atoms with Crippen molar-refractivity contribution in [3.05, 3.63) is 23.4 Å². The van der Waals surface area contributed by atoms with Crippen molar-refractivity contribution in [1.82, 2.24) is 4.98 Å². The number of benzene rings is 1. The highest BCUT2D eigenvalue weighted by Crippen LogP contribution is 2.40. The summed E-state index contributed by atoms with van der Waals surface area (Å²) in [6.07, 6.45) is 1.83. The fraction of sp³-hybridized carbons (Fsp3) is 0.200. The molecule has 74 valence electrons. The van der Waals surface area contributed by atoms with E-state index in [0.29, 0.717) is 16.5 Å². The second kappa shape index (κ2) is 3.42. The van der Waals surface area contributed by atoms with Gasteiger partial charge in [-0.1, -0.05) is 11.6 Å². The molecule has 1 aromatic carbocycles. The van der Waals surface area contributed by atoms with Gasteiger partial charge < -0.3 is 14.5 Å². The standard InChI is InChI=1S/C10H10ClNO2/c1-13-8-5-7-6(3-4-12-7)9(11)10(8)14-2/h3-5,12H,1-2H3. The number of halogens is 1. The minimum absolute atomic E-state index is 0.571. The maximum Gasteiger partial charge on any atom is 0.180 e. The van der Waals surface area contributed by atoms with E-state index in [1.165, 1.54) is 0 Å². The van der Waals surface area contributed by atoms with Gasteiger partial charge in [0.15, 0.2) is 11.5 Å². The highest BCUT2D eigenvalue weighted by molar-refractivity contribution is 6.37. The summed E-state index contributed by atoms with van der Waals surface area (Å²) in [7, 11) is 3.16. The minimum atomic E-state index is 0.571. The maximum atomic E-state index is 6.14. The largest absolute Gasteiger partial charge is 0.493 e. The molecule has 1 N–H and O–H groups in total. The van der Waals surface area contributed by atoms with Crippen LogP contribution in [0.3, 0.4) is 0 Å². The first-order chi connectivity index (χ1) is 6.77. The normalized spacial score (nSPS) is 10.5. The Morgan fingerprint density at radius 1 is 1.29 bits per heavy atom. The quantitative estimate of drug-likeness (QED) is 0.829. The number of methoxy groups -OCH3 is 2. The van der Waals surface area contributed by atoms with Crippen LogP contribution in [0.4, 0.5) is 0 Å². The van der Waals surface area contributed by atoms with Crippen molar-refractivity contribution in [3.63, 3.8) is 0 Å². The molecule has 1 aromatic heterocycles. The summed E-state index contributed by atoms with van der Waals surface area (Å²) < 4.78 is 10.3. The van der Waals surface area contributed by atoms with E-state index in [1.807, 2.05) is 18.3 Å². The average molecular weight is 212 g/mol. The van der Waals surface area contributed by atoms with Gasteiger partial charge in [0, 0.05) is 17.6 Å². The molecule has 2 rings (SSSR count). The lowest BCUT2D eigenvalue weighted by molar-refractivity contribution is 0.356. The zero-order chi connectivity index (χ0) is 10.1. The number of H-pyrrole nitrogens is 1. The number of ether oxygens (including phenoxy) is 2. The summed E-state index contributed by atoms with van der Waals surface area (Å²) in [6, 6.07) is 3.76. The molecule has 0 radical (unpaired) electrons. The summed E-state index contributed by atoms with van der Waals surface area (Å²) in [5, 5.41) is 1.51. The third-order valence-electron chi connectivity index (χ3n) is 2.14. The molecule has 4 heteroatoms. The average Bonchev–Trinajstić information content (AvgIpc) is 2.65. The lowest BCUT2D eigenvalue weighted by Gasteiger charge is -2.09. The van der Waals surface area contributed by atoms with E-state index in [1.54, 1.807) is 14.2 Å². The number of rotatable bonds is 2. The third-order valence-corrected chi connectivity index (χ3v) is 2.51. The number of fused-ring (bicyclic) bond motifs is 1. The molecule has 0 spiro atoms. The Morgan fingerprint density at radius 3 is 2.71 bits per heavy atom. The molecule has 0 saturated carbocycles. The fourth-order valence-electron chi connectivity index (χ4n) is 1.46. The van der Waals surface area contributed by atoms with E-state index >= 15 is 0 Å². The molecule has 14 heavy (non-hydrogen) atoms. The Bertz CT molecular complexity index is 464.